The number of benzene rings is 2. The van der Waals surface area contributed by atoms with E-state index in [1.807, 2.05) is 75.4 Å². The van der Waals surface area contributed by atoms with Gasteiger partial charge in [-0.1, -0.05) is 74.0 Å². The minimum atomic E-state index is -1.15. The highest BCUT2D eigenvalue weighted by molar-refractivity contribution is 6.12. The van der Waals surface area contributed by atoms with Crippen LogP contribution in [0.25, 0.3) is 11.1 Å². The molecule has 2 heterocycles. The van der Waals surface area contributed by atoms with Crippen molar-refractivity contribution >= 4 is 17.8 Å². The summed E-state index contributed by atoms with van der Waals surface area (Å²) in [6, 6.07) is 18.8. The van der Waals surface area contributed by atoms with Crippen molar-refractivity contribution in [3.8, 4) is 11.1 Å². The zero-order valence-electron chi connectivity index (χ0n) is 27.1. The second-order valence-corrected chi connectivity index (χ2v) is 12.6. The van der Waals surface area contributed by atoms with E-state index in [-0.39, 0.29) is 24.9 Å². The molecule has 1 fully saturated rings. The quantitative estimate of drug-likeness (QED) is 0.118. The molecule has 0 bridgehead atoms. The standard InChI is InChI=1S/C36H45NO8/c1-23(2)33-36(5,6)45-35(41)37(33)34(40)25(4)32(39)31-19-29(27-15-10-12-24(3)18-27)30(44-31)16-11-17-42-22-28(20-38)43-21-26-13-8-7-9-14-26/h7-10,12-15,18-19,23,25,28,33,38H,11,16-17,20-22H2,1-6H3/t25-,28-,33-/m1/s1. The molecule has 1 aliphatic rings. The predicted octanol–water partition coefficient (Wildman–Crippen LogP) is 6.38. The van der Waals surface area contributed by atoms with Gasteiger partial charge in [0.05, 0.1) is 25.9 Å². The Kier molecular flexibility index (Phi) is 11.4. The van der Waals surface area contributed by atoms with Gasteiger partial charge in [0.2, 0.25) is 11.7 Å². The largest absolute Gasteiger partial charge is 0.457 e. The van der Waals surface area contributed by atoms with Gasteiger partial charge in [0, 0.05) is 18.6 Å². The van der Waals surface area contributed by atoms with Crippen LogP contribution in [-0.2, 0) is 32.0 Å². The van der Waals surface area contributed by atoms with E-state index in [2.05, 4.69) is 0 Å². The fourth-order valence-corrected chi connectivity index (χ4v) is 5.91. The Balaban J connectivity index is 1.43. The molecule has 0 spiro atoms. The summed E-state index contributed by atoms with van der Waals surface area (Å²) >= 11 is 0. The third-order valence-corrected chi connectivity index (χ3v) is 8.08. The van der Waals surface area contributed by atoms with E-state index in [9.17, 15) is 19.5 Å². The lowest BCUT2D eigenvalue weighted by molar-refractivity contribution is -0.132. The van der Waals surface area contributed by atoms with Crippen molar-refractivity contribution in [1.82, 2.24) is 4.90 Å². The van der Waals surface area contributed by atoms with E-state index in [0.717, 1.165) is 27.2 Å². The van der Waals surface area contributed by atoms with Crippen LogP contribution in [0.3, 0.4) is 0 Å². The average Bonchev–Trinajstić information content (AvgIpc) is 3.54. The van der Waals surface area contributed by atoms with Gasteiger partial charge in [0.1, 0.15) is 23.4 Å². The number of cyclic esters (lactones) is 1. The minimum absolute atomic E-state index is 0.0610. The molecule has 4 rings (SSSR count). The predicted molar refractivity (Wildman–Crippen MR) is 170 cm³/mol. The Morgan fingerprint density at radius 2 is 1.78 bits per heavy atom. The van der Waals surface area contributed by atoms with E-state index >= 15 is 0 Å². The fourth-order valence-electron chi connectivity index (χ4n) is 5.91. The first-order valence-electron chi connectivity index (χ1n) is 15.6. The summed E-state index contributed by atoms with van der Waals surface area (Å²) in [5.74, 6) is -1.65. The van der Waals surface area contributed by atoms with Gasteiger partial charge >= 0.3 is 6.09 Å². The van der Waals surface area contributed by atoms with Gasteiger partial charge in [0.25, 0.3) is 0 Å². The number of hydrogen-bond acceptors (Lipinski definition) is 8. The number of rotatable bonds is 15. The summed E-state index contributed by atoms with van der Waals surface area (Å²) in [4.78, 5) is 41.0. The molecule has 0 saturated carbocycles. The van der Waals surface area contributed by atoms with Crippen LogP contribution in [-0.4, -0.2) is 65.4 Å². The number of Topliss-reactive ketones (excluding diaryl/α,β-unsaturated/α-hetero) is 1. The lowest BCUT2D eigenvalue weighted by atomic mass is 9.88. The number of aliphatic hydroxyl groups excluding tert-OH is 1. The third-order valence-electron chi connectivity index (χ3n) is 8.08. The van der Waals surface area contributed by atoms with Crippen LogP contribution in [0, 0.1) is 18.8 Å². The molecule has 3 aromatic rings. The molecule has 0 radical (unpaired) electrons. The van der Waals surface area contributed by atoms with Gasteiger partial charge < -0.3 is 23.7 Å². The second kappa shape index (κ2) is 15.0. The summed E-state index contributed by atoms with van der Waals surface area (Å²) in [5, 5.41) is 9.71. The average molecular weight is 620 g/mol. The molecule has 1 aromatic heterocycles. The zero-order chi connectivity index (χ0) is 32.7. The van der Waals surface area contributed by atoms with Crippen molar-refractivity contribution < 1.29 is 38.1 Å². The van der Waals surface area contributed by atoms with Crippen molar-refractivity contribution in [2.75, 3.05) is 19.8 Å². The first kappa shape index (κ1) is 34.1. The van der Waals surface area contributed by atoms with Crippen LogP contribution in [0.5, 0.6) is 0 Å². The van der Waals surface area contributed by atoms with Crippen LogP contribution < -0.4 is 0 Å². The molecule has 242 valence electrons. The van der Waals surface area contributed by atoms with Gasteiger partial charge in [0.15, 0.2) is 5.76 Å². The molecule has 9 heteroatoms. The second-order valence-electron chi connectivity index (χ2n) is 12.6. The molecule has 1 N–H and O–H groups in total. The first-order chi connectivity index (χ1) is 21.4. The number of ether oxygens (including phenoxy) is 3. The Hall–Kier alpha value is -3.79. The van der Waals surface area contributed by atoms with Gasteiger partial charge in [-0.3, -0.25) is 9.59 Å². The fraction of sp³-hybridized carbons (Fsp3) is 0.472. The van der Waals surface area contributed by atoms with Crippen molar-refractivity contribution in [3.05, 3.63) is 83.3 Å². The van der Waals surface area contributed by atoms with Crippen molar-refractivity contribution in [2.24, 2.45) is 11.8 Å². The number of aryl methyl sites for hydroxylation is 2. The highest BCUT2D eigenvalue weighted by Gasteiger charge is 2.53. The van der Waals surface area contributed by atoms with Gasteiger partial charge in [-0.2, -0.15) is 0 Å². The first-order valence-corrected chi connectivity index (χ1v) is 15.6. The zero-order valence-corrected chi connectivity index (χ0v) is 27.1. The number of carbonyl (C=O) groups is 3. The van der Waals surface area contributed by atoms with E-state index < -0.39 is 41.4 Å². The molecule has 1 saturated heterocycles. The van der Waals surface area contributed by atoms with Crippen LogP contribution in [0.1, 0.15) is 68.5 Å². The summed E-state index contributed by atoms with van der Waals surface area (Å²) in [5.41, 5.74) is 2.87. The lowest BCUT2D eigenvalue weighted by Gasteiger charge is -2.31. The van der Waals surface area contributed by atoms with Gasteiger partial charge in [-0.05, 0) is 57.2 Å². The molecule has 2 amide bonds. The Morgan fingerprint density at radius 3 is 2.44 bits per heavy atom. The lowest BCUT2D eigenvalue weighted by Crippen LogP contribution is -2.50. The highest BCUT2D eigenvalue weighted by Crippen LogP contribution is 2.36. The van der Waals surface area contributed by atoms with Crippen LogP contribution in [0.4, 0.5) is 4.79 Å². The number of furan rings is 1. The molecule has 1 aliphatic heterocycles. The topological polar surface area (TPSA) is 116 Å². The molecule has 3 atom stereocenters. The summed E-state index contributed by atoms with van der Waals surface area (Å²) < 4.78 is 23.2. The van der Waals surface area contributed by atoms with Gasteiger partial charge in [-0.15, -0.1) is 0 Å². The SMILES string of the molecule is Cc1cccc(-c2cc(C(=O)[C@@H](C)C(=O)N3C(=O)OC(C)(C)[C@H]3C(C)C)oc2CCCOC[C@@H](CO)OCc2ccccc2)c1. The molecule has 0 aliphatic carbocycles. The minimum Gasteiger partial charge on any atom is -0.457 e. The molecule has 0 unspecified atom stereocenters. The summed E-state index contributed by atoms with van der Waals surface area (Å²) in [7, 11) is 0. The van der Waals surface area contributed by atoms with Crippen LogP contribution in [0.15, 0.2) is 65.1 Å². The number of aliphatic hydroxyl groups is 1. The van der Waals surface area contributed by atoms with E-state index in [4.69, 9.17) is 18.6 Å². The molecular formula is C36H45NO8. The number of amides is 2. The summed E-state index contributed by atoms with van der Waals surface area (Å²) in [6.07, 6.45) is -0.113. The smallest absolute Gasteiger partial charge is 0.417 e. The normalized spacial score (nSPS) is 17.4. The van der Waals surface area contributed by atoms with Crippen molar-refractivity contribution in [2.45, 2.75) is 78.7 Å². The van der Waals surface area contributed by atoms with Crippen LogP contribution in [0.2, 0.25) is 0 Å². The highest BCUT2D eigenvalue weighted by atomic mass is 16.6. The van der Waals surface area contributed by atoms with Crippen molar-refractivity contribution in [1.29, 1.82) is 0 Å². The third kappa shape index (κ3) is 8.28. The summed E-state index contributed by atoms with van der Waals surface area (Å²) in [6.45, 7) is 11.7. The van der Waals surface area contributed by atoms with E-state index in [1.54, 1.807) is 19.9 Å². The molecule has 9 nitrogen and oxygen atoms in total. The van der Waals surface area contributed by atoms with Crippen LogP contribution >= 0.6 is 0 Å². The maximum atomic E-state index is 13.6. The Morgan fingerprint density at radius 1 is 1.04 bits per heavy atom. The number of ketones is 1. The maximum Gasteiger partial charge on any atom is 0.417 e. The Bertz CT molecular complexity index is 1460. The van der Waals surface area contributed by atoms with E-state index in [1.165, 1.54) is 6.92 Å². The number of nitrogens with zero attached hydrogens (tertiary/aromatic N) is 1. The number of carbonyl (C=O) groups excluding carboxylic acids is 3. The monoisotopic (exact) mass is 619 g/mol. The molecule has 45 heavy (non-hydrogen) atoms. The Labute approximate surface area is 265 Å². The number of hydrogen-bond donors (Lipinski definition) is 1. The van der Waals surface area contributed by atoms with Gasteiger partial charge in [-0.25, -0.2) is 9.69 Å². The molecular weight excluding hydrogens is 574 g/mol. The maximum absolute atomic E-state index is 13.6. The number of imide groups is 1. The van der Waals surface area contributed by atoms with E-state index in [0.29, 0.717) is 31.8 Å². The van der Waals surface area contributed by atoms with Crippen molar-refractivity contribution in [3.63, 3.8) is 0 Å². The molecule has 2 aromatic carbocycles.